The summed E-state index contributed by atoms with van der Waals surface area (Å²) in [4.78, 5) is 0. The number of aromatic nitrogens is 2. The van der Waals surface area contributed by atoms with E-state index in [9.17, 15) is 0 Å². The van der Waals surface area contributed by atoms with Crippen molar-refractivity contribution >= 4 is 10.9 Å². The van der Waals surface area contributed by atoms with E-state index in [2.05, 4.69) is 57.9 Å². The smallest absolute Gasteiger partial charge is 0.0756 e. The van der Waals surface area contributed by atoms with E-state index in [4.69, 9.17) is 0 Å². The van der Waals surface area contributed by atoms with E-state index in [-0.39, 0.29) is 5.41 Å². The van der Waals surface area contributed by atoms with Crippen LogP contribution in [0.1, 0.15) is 51.8 Å². The van der Waals surface area contributed by atoms with Gasteiger partial charge in [0.1, 0.15) is 0 Å². The fourth-order valence-electron chi connectivity index (χ4n) is 2.19. The van der Waals surface area contributed by atoms with Gasteiger partial charge in [-0.2, -0.15) is 5.10 Å². The zero-order chi connectivity index (χ0) is 12.8. The molecule has 0 bridgehead atoms. The molecule has 0 saturated heterocycles. The Balaban J connectivity index is 2.70. The number of rotatable bonds is 1. The SMILES string of the molecule is CC(C)c1ccc2c(C(C)(C)C)nn(C)c2c1. The van der Waals surface area contributed by atoms with Crippen molar-refractivity contribution in [1.82, 2.24) is 9.78 Å². The standard InChI is InChI=1S/C15H22N2/c1-10(2)11-7-8-12-13(9-11)17(6)16-14(12)15(3,4)5/h7-10H,1-6H3. The summed E-state index contributed by atoms with van der Waals surface area (Å²) >= 11 is 0. The number of benzene rings is 1. The van der Waals surface area contributed by atoms with Gasteiger partial charge in [-0.1, -0.05) is 46.8 Å². The van der Waals surface area contributed by atoms with E-state index < -0.39 is 0 Å². The molecule has 2 aromatic rings. The Hall–Kier alpha value is -1.31. The monoisotopic (exact) mass is 230 g/mol. The predicted molar refractivity (Wildman–Crippen MR) is 73.5 cm³/mol. The van der Waals surface area contributed by atoms with Gasteiger partial charge in [0, 0.05) is 17.8 Å². The predicted octanol–water partition coefficient (Wildman–Crippen LogP) is 3.99. The summed E-state index contributed by atoms with van der Waals surface area (Å²) in [6.07, 6.45) is 0. The van der Waals surface area contributed by atoms with Crippen LogP contribution in [0.25, 0.3) is 10.9 Å². The van der Waals surface area contributed by atoms with Crippen molar-refractivity contribution in [2.24, 2.45) is 7.05 Å². The molecule has 0 atom stereocenters. The Morgan fingerprint density at radius 2 is 1.82 bits per heavy atom. The van der Waals surface area contributed by atoms with Crippen molar-refractivity contribution in [3.05, 3.63) is 29.5 Å². The molecule has 0 saturated carbocycles. The summed E-state index contributed by atoms with van der Waals surface area (Å²) in [6.45, 7) is 11.1. The first-order valence-electron chi connectivity index (χ1n) is 6.28. The van der Waals surface area contributed by atoms with E-state index in [1.54, 1.807) is 0 Å². The first-order valence-corrected chi connectivity index (χ1v) is 6.28. The topological polar surface area (TPSA) is 17.8 Å². The van der Waals surface area contributed by atoms with Gasteiger partial charge in [-0.25, -0.2) is 0 Å². The van der Waals surface area contributed by atoms with E-state index in [0.717, 1.165) is 0 Å². The minimum Gasteiger partial charge on any atom is -0.268 e. The molecule has 92 valence electrons. The van der Waals surface area contributed by atoms with Crippen molar-refractivity contribution in [1.29, 1.82) is 0 Å². The van der Waals surface area contributed by atoms with Crippen LogP contribution in [0.5, 0.6) is 0 Å². The lowest BCUT2D eigenvalue weighted by molar-refractivity contribution is 0.558. The van der Waals surface area contributed by atoms with Crippen LogP contribution in [0.4, 0.5) is 0 Å². The van der Waals surface area contributed by atoms with E-state index in [1.807, 2.05) is 11.7 Å². The summed E-state index contributed by atoms with van der Waals surface area (Å²) < 4.78 is 2.00. The molecule has 0 fully saturated rings. The Bertz CT molecular complexity index is 542. The van der Waals surface area contributed by atoms with E-state index >= 15 is 0 Å². The molecule has 1 aromatic carbocycles. The highest BCUT2D eigenvalue weighted by atomic mass is 15.3. The summed E-state index contributed by atoms with van der Waals surface area (Å²) in [6, 6.07) is 6.71. The molecule has 0 aliphatic carbocycles. The molecule has 0 radical (unpaired) electrons. The molecule has 17 heavy (non-hydrogen) atoms. The molecule has 0 spiro atoms. The van der Waals surface area contributed by atoms with Crippen LogP contribution in [0.15, 0.2) is 18.2 Å². The van der Waals surface area contributed by atoms with Crippen LogP contribution in [0.3, 0.4) is 0 Å². The maximum Gasteiger partial charge on any atom is 0.0756 e. The Kier molecular flexibility index (Phi) is 2.76. The third-order valence-corrected chi connectivity index (χ3v) is 3.25. The van der Waals surface area contributed by atoms with Gasteiger partial charge in [0.15, 0.2) is 0 Å². The second kappa shape index (κ2) is 3.86. The molecule has 0 N–H and O–H groups in total. The van der Waals surface area contributed by atoms with Crippen molar-refractivity contribution < 1.29 is 0 Å². The van der Waals surface area contributed by atoms with Crippen LogP contribution in [-0.4, -0.2) is 9.78 Å². The third-order valence-electron chi connectivity index (χ3n) is 3.25. The summed E-state index contributed by atoms with van der Waals surface area (Å²) in [5.74, 6) is 0.562. The average molecular weight is 230 g/mol. The summed E-state index contributed by atoms with van der Waals surface area (Å²) in [5.41, 5.74) is 3.89. The Labute approximate surface area is 104 Å². The third kappa shape index (κ3) is 2.08. The lowest BCUT2D eigenvalue weighted by atomic mass is 9.89. The van der Waals surface area contributed by atoms with Crippen molar-refractivity contribution in [3.63, 3.8) is 0 Å². The molecular formula is C15H22N2. The molecule has 2 heteroatoms. The van der Waals surface area contributed by atoms with Gasteiger partial charge < -0.3 is 0 Å². The number of fused-ring (bicyclic) bond motifs is 1. The molecule has 2 rings (SSSR count). The maximum absolute atomic E-state index is 4.68. The second-order valence-electron chi connectivity index (χ2n) is 6.15. The van der Waals surface area contributed by atoms with Gasteiger partial charge >= 0.3 is 0 Å². The first-order chi connectivity index (χ1) is 7.80. The van der Waals surface area contributed by atoms with Gasteiger partial charge in [-0.15, -0.1) is 0 Å². The quantitative estimate of drug-likeness (QED) is 0.724. The minimum absolute atomic E-state index is 0.0961. The van der Waals surface area contributed by atoms with Crippen LogP contribution >= 0.6 is 0 Å². The number of nitrogens with zero attached hydrogens (tertiary/aromatic N) is 2. The van der Waals surface area contributed by atoms with Gasteiger partial charge in [0.05, 0.1) is 11.2 Å². The number of hydrogen-bond acceptors (Lipinski definition) is 1. The maximum atomic E-state index is 4.68. The molecule has 1 heterocycles. The van der Waals surface area contributed by atoms with E-state index in [1.165, 1.54) is 22.2 Å². The lowest BCUT2D eigenvalue weighted by Gasteiger charge is -2.15. The van der Waals surface area contributed by atoms with Crippen LogP contribution in [0.2, 0.25) is 0 Å². The zero-order valence-corrected chi connectivity index (χ0v) is 11.7. The van der Waals surface area contributed by atoms with Crippen LogP contribution in [0, 0.1) is 0 Å². The largest absolute Gasteiger partial charge is 0.268 e. The normalized spacial score (nSPS) is 12.6. The highest BCUT2D eigenvalue weighted by Gasteiger charge is 2.21. The first kappa shape index (κ1) is 12.2. The Morgan fingerprint density at radius 3 is 2.35 bits per heavy atom. The second-order valence-corrected chi connectivity index (χ2v) is 6.15. The van der Waals surface area contributed by atoms with Crippen LogP contribution in [-0.2, 0) is 12.5 Å². The molecule has 0 aliphatic heterocycles. The lowest BCUT2D eigenvalue weighted by Crippen LogP contribution is -2.12. The molecule has 0 amide bonds. The molecular weight excluding hydrogens is 208 g/mol. The highest BCUT2D eigenvalue weighted by molar-refractivity contribution is 5.83. The average Bonchev–Trinajstić information content (AvgIpc) is 2.55. The zero-order valence-electron chi connectivity index (χ0n) is 11.7. The minimum atomic E-state index is 0.0961. The summed E-state index contributed by atoms with van der Waals surface area (Å²) in [7, 11) is 2.03. The van der Waals surface area contributed by atoms with Gasteiger partial charge in [-0.3, -0.25) is 4.68 Å². The number of aryl methyl sites for hydroxylation is 1. The van der Waals surface area contributed by atoms with Gasteiger partial charge in [0.2, 0.25) is 0 Å². The van der Waals surface area contributed by atoms with E-state index in [0.29, 0.717) is 5.92 Å². The van der Waals surface area contributed by atoms with Crippen molar-refractivity contribution in [3.8, 4) is 0 Å². The number of hydrogen-bond donors (Lipinski definition) is 0. The molecule has 0 aliphatic rings. The van der Waals surface area contributed by atoms with Gasteiger partial charge in [0.25, 0.3) is 0 Å². The molecule has 0 unspecified atom stereocenters. The fourth-order valence-corrected chi connectivity index (χ4v) is 2.19. The van der Waals surface area contributed by atoms with Crippen LogP contribution < -0.4 is 0 Å². The highest BCUT2D eigenvalue weighted by Crippen LogP contribution is 2.30. The van der Waals surface area contributed by atoms with Crippen molar-refractivity contribution in [2.75, 3.05) is 0 Å². The summed E-state index contributed by atoms with van der Waals surface area (Å²) in [5, 5.41) is 5.96. The molecule has 2 nitrogen and oxygen atoms in total. The Morgan fingerprint density at radius 1 is 1.18 bits per heavy atom. The van der Waals surface area contributed by atoms with Crippen molar-refractivity contribution in [2.45, 2.75) is 46.0 Å². The molecule has 1 aromatic heterocycles. The van der Waals surface area contributed by atoms with Gasteiger partial charge in [-0.05, 0) is 17.5 Å². The fraction of sp³-hybridized carbons (Fsp3) is 0.533.